The Kier molecular flexibility index (Phi) is 3.57. The Morgan fingerprint density at radius 2 is 2.23 bits per heavy atom. The maximum Gasteiger partial charge on any atom is 0.292 e. The minimum Gasteiger partial charge on any atom is -0.497 e. The normalized spacial score (nSPS) is 10.4. The standard InChI is InChI=1S/C16H12N2O3S/c1-9-12-7-11(20-2)3-4-13(12)21-14(9)15(19)18-16-10(8-17)5-6-22-16/h3-7H,1-2H3,(H,18,19). The van der Waals surface area contributed by atoms with Gasteiger partial charge in [0.1, 0.15) is 22.4 Å². The molecule has 0 unspecified atom stereocenters. The number of hydrogen-bond donors (Lipinski definition) is 1. The first-order valence-electron chi connectivity index (χ1n) is 6.50. The number of nitriles is 1. The summed E-state index contributed by atoms with van der Waals surface area (Å²) in [6, 6.07) is 9.08. The summed E-state index contributed by atoms with van der Waals surface area (Å²) in [5.41, 5.74) is 1.80. The van der Waals surface area contributed by atoms with Crippen LogP contribution < -0.4 is 10.1 Å². The number of nitrogens with zero attached hydrogens (tertiary/aromatic N) is 1. The van der Waals surface area contributed by atoms with Gasteiger partial charge in [-0.15, -0.1) is 11.3 Å². The molecule has 0 saturated heterocycles. The highest BCUT2D eigenvalue weighted by atomic mass is 32.1. The van der Waals surface area contributed by atoms with Crippen LogP contribution in [-0.4, -0.2) is 13.0 Å². The Balaban J connectivity index is 1.98. The van der Waals surface area contributed by atoms with Gasteiger partial charge in [-0.3, -0.25) is 4.79 Å². The van der Waals surface area contributed by atoms with E-state index in [1.807, 2.05) is 19.1 Å². The van der Waals surface area contributed by atoms with Crippen molar-refractivity contribution >= 4 is 33.2 Å². The molecule has 2 aromatic heterocycles. The lowest BCUT2D eigenvalue weighted by molar-refractivity contribution is 0.0998. The second-order valence-electron chi connectivity index (χ2n) is 4.65. The van der Waals surface area contributed by atoms with E-state index in [-0.39, 0.29) is 11.7 Å². The highest BCUT2D eigenvalue weighted by Gasteiger charge is 2.19. The number of amides is 1. The largest absolute Gasteiger partial charge is 0.497 e. The smallest absolute Gasteiger partial charge is 0.292 e. The zero-order chi connectivity index (χ0) is 15.7. The van der Waals surface area contributed by atoms with E-state index in [1.54, 1.807) is 30.7 Å². The second kappa shape index (κ2) is 5.54. The molecule has 1 aromatic carbocycles. The van der Waals surface area contributed by atoms with E-state index in [0.29, 0.717) is 21.9 Å². The van der Waals surface area contributed by atoms with E-state index >= 15 is 0 Å². The van der Waals surface area contributed by atoms with Crippen molar-refractivity contribution in [3.63, 3.8) is 0 Å². The van der Waals surface area contributed by atoms with E-state index < -0.39 is 0 Å². The van der Waals surface area contributed by atoms with Gasteiger partial charge in [0, 0.05) is 10.9 Å². The molecule has 110 valence electrons. The van der Waals surface area contributed by atoms with Crippen LogP contribution in [0.2, 0.25) is 0 Å². The number of carbonyl (C=O) groups excluding carboxylic acids is 1. The van der Waals surface area contributed by atoms with Gasteiger partial charge in [0.25, 0.3) is 5.91 Å². The van der Waals surface area contributed by atoms with E-state index in [0.717, 1.165) is 10.9 Å². The lowest BCUT2D eigenvalue weighted by Gasteiger charge is -2.01. The zero-order valence-corrected chi connectivity index (χ0v) is 12.8. The summed E-state index contributed by atoms with van der Waals surface area (Å²) < 4.78 is 10.8. The molecule has 0 saturated carbocycles. The number of thiophene rings is 1. The maximum absolute atomic E-state index is 12.4. The molecule has 5 nitrogen and oxygen atoms in total. The summed E-state index contributed by atoms with van der Waals surface area (Å²) in [6.07, 6.45) is 0. The van der Waals surface area contributed by atoms with Crippen molar-refractivity contribution in [3.05, 3.63) is 46.5 Å². The van der Waals surface area contributed by atoms with Crippen LogP contribution in [0.1, 0.15) is 21.7 Å². The summed E-state index contributed by atoms with van der Waals surface area (Å²) in [5.74, 6) is 0.570. The molecule has 0 spiro atoms. The van der Waals surface area contributed by atoms with Crippen LogP contribution in [-0.2, 0) is 0 Å². The van der Waals surface area contributed by atoms with Crippen molar-refractivity contribution in [2.24, 2.45) is 0 Å². The molecule has 0 aliphatic rings. The third-order valence-electron chi connectivity index (χ3n) is 3.36. The fourth-order valence-electron chi connectivity index (χ4n) is 2.20. The van der Waals surface area contributed by atoms with Crippen LogP contribution in [0, 0.1) is 18.3 Å². The lowest BCUT2D eigenvalue weighted by Crippen LogP contribution is -2.11. The van der Waals surface area contributed by atoms with Crippen molar-refractivity contribution < 1.29 is 13.9 Å². The van der Waals surface area contributed by atoms with Crippen molar-refractivity contribution in [3.8, 4) is 11.8 Å². The van der Waals surface area contributed by atoms with Crippen LogP contribution in [0.5, 0.6) is 5.75 Å². The molecular formula is C16H12N2O3S. The van der Waals surface area contributed by atoms with Gasteiger partial charge in [-0.05, 0) is 36.6 Å². The number of ether oxygens (including phenoxy) is 1. The second-order valence-corrected chi connectivity index (χ2v) is 5.56. The number of aryl methyl sites for hydroxylation is 1. The van der Waals surface area contributed by atoms with Crippen molar-refractivity contribution in [2.75, 3.05) is 12.4 Å². The lowest BCUT2D eigenvalue weighted by atomic mass is 10.1. The van der Waals surface area contributed by atoms with Gasteiger partial charge in [0.2, 0.25) is 0 Å². The van der Waals surface area contributed by atoms with Crippen molar-refractivity contribution in [1.82, 2.24) is 0 Å². The van der Waals surface area contributed by atoms with Crippen molar-refractivity contribution in [2.45, 2.75) is 6.92 Å². The summed E-state index contributed by atoms with van der Waals surface area (Å²) >= 11 is 1.30. The van der Waals surface area contributed by atoms with Gasteiger partial charge in [0.15, 0.2) is 5.76 Å². The number of nitrogens with one attached hydrogen (secondary N) is 1. The molecular weight excluding hydrogens is 300 g/mol. The Labute approximate surface area is 130 Å². The highest BCUT2D eigenvalue weighted by molar-refractivity contribution is 7.14. The van der Waals surface area contributed by atoms with Crippen LogP contribution in [0.3, 0.4) is 0 Å². The summed E-state index contributed by atoms with van der Waals surface area (Å²) in [6.45, 7) is 1.82. The number of rotatable bonds is 3. The van der Waals surface area contributed by atoms with Gasteiger partial charge in [-0.2, -0.15) is 5.26 Å². The van der Waals surface area contributed by atoms with Gasteiger partial charge in [-0.25, -0.2) is 0 Å². The molecule has 6 heteroatoms. The first kappa shape index (κ1) is 14.2. The Bertz CT molecular complexity index is 902. The summed E-state index contributed by atoms with van der Waals surface area (Å²) in [4.78, 5) is 12.4. The first-order valence-corrected chi connectivity index (χ1v) is 7.38. The van der Waals surface area contributed by atoms with Crippen LogP contribution in [0.15, 0.2) is 34.1 Å². The molecule has 1 amide bonds. The first-order chi connectivity index (χ1) is 10.6. The Morgan fingerprint density at radius 3 is 2.95 bits per heavy atom. The predicted octanol–water partition coefficient (Wildman–Crippen LogP) is 3.94. The number of hydrogen-bond acceptors (Lipinski definition) is 5. The molecule has 0 radical (unpaired) electrons. The average Bonchev–Trinajstić information content (AvgIpc) is 3.11. The predicted molar refractivity (Wildman–Crippen MR) is 84.5 cm³/mol. The summed E-state index contributed by atoms with van der Waals surface area (Å²) in [5, 5.41) is 14.8. The van der Waals surface area contributed by atoms with E-state index in [1.165, 1.54) is 11.3 Å². The number of benzene rings is 1. The molecule has 0 aliphatic heterocycles. The fraction of sp³-hybridized carbons (Fsp3) is 0.125. The van der Waals surface area contributed by atoms with Crippen LogP contribution >= 0.6 is 11.3 Å². The molecule has 0 bridgehead atoms. The number of fused-ring (bicyclic) bond motifs is 1. The van der Waals surface area contributed by atoms with E-state index in [9.17, 15) is 4.79 Å². The van der Waals surface area contributed by atoms with Gasteiger partial charge >= 0.3 is 0 Å². The minimum absolute atomic E-state index is 0.237. The SMILES string of the molecule is COc1ccc2oc(C(=O)Nc3sccc3C#N)c(C)c2c1. The third-order valence-corrected chi connectivity index (χ3v) is 4.19. The highest BCUT2D eigenvalue weighted by Crippen LogP contribution is 2.30. The summed E-state index contributed by atoms with van der Waals surface area (Å²) in [7, 11) is 1.59. The molecule has 0 aliphatic carbocycles. The Hall–Kier alpha value is -2.78. The van der Waals surface area contributed by atoms with Crippen LogP contribution in [0.25, 0.3) is 11.0 Å². The van der Waals surface area contributed by atoms with Crippen molar-refractivity contribution in [1.29, 1.82) is 5.26 Å². The fourth-order valence-corrected chi connectivity index (χ4v) is 2.93. The van der Waals surface area contributed by atoms with Crippen LogP contribution in [0.4, 0.5) is 5.00 Å². The molecule has 2 heterocycles. The number of methoxy groups -OCH3 is 1. The Morgan fingerprint density at radius 1 is 1.41 bits per heavy atom. The van der Waals surface area contributed by atoms with E-state index in [4.69, 9.17) is 14.4 Å². The number of anilines is 1. The quantitative estimate of drug-likeness (QED) is 0.795. The molecule has 1 N–H and O–H groups in total. The topological polar surface area (TPSA) is 75.3 Å². The van der Waals surface area contributed by atoms with E-state index in [2.05, 4.69) is 5.32 Å². The van der Waals surface area contributed by atoms with Gasteiger partial charge < -0.3 is 14.5 Å². The maximum atomic E-state index is 12.4. The zero-order valence-electron chi connectivity index (χ0n) is 12.0. The third kappa shape index (κ3) is 2.32. The molecule has 3 rings (SSSR count). The molecule has 0 fully saturated rings. The number of carbonyl (C=O) groups is 1. The monoisotopic (exact) mass is 312 g/mol. The van der Waals surface area contributed by atoms with Gasteiger partial charge in [-0.1, -0.05) is 0 Å². The molecule has 3 aromatic rings. The minimum atomic E-state index is -0.369. The molecule has 0 atom stereocenters. The van der Waals surface area contributed by atoms with Gasteiger partial charge in [0.05, 0.1) is 12.7 Å². The average molecular weight is 312 g/mol. The number of furan rings is 1. The molecule has 22 heavy (non-hydrogen) atoms.